The van der Waals surface area contributed by atoms with Gasteiger partial charge in [0.2, 0.25) is 5.91 Å². The van der Waals surface area contributed by atoms with Gasteiger partial charge >= 0.3 is 17.3 Å². The van der Waals surface area contributed by atoms with Crippen molar-refractivity contribution in [1.29, 1.82) is 10.5 Å². The lowest BCUT2D eigenvalue weighted by Gasteiger charge is -2.14. The molecule has 1 amide bonds. The van der Waals surface area contributed by atoms with Crippen LogP contribution in [0.15, 0.2) is 38.6 Å². The Labute approximate surface area is 190 Å². The molecule has 3 rings (SSSR count). The number of hydrogen-bond acceptors (Lipinski definition) is 9. The number of rotatable bonds is 6. The number of carbonyl (C=O) groups excluding carboxylic acids is 1. The first kappa shape index (κ1) is 23.1. The summed E-state index contributed by atoms with van der Waals surface area (Å²) in [7, 11) is 1.46. The monoisotopic (exact) mass is 466 g/mol. The number of benzene rings is 1. The van der Waals surface area contributed by atoms with Gasteiger partial charge in [0.05, 0.1) is 16.4 Å². The number of thioether (sulfide) groups is 1. The molecular formula is C20H16N7O5S+. The number of nitrogens with zero attached hydrogens (tertiary/aromatic N) is 4. The molecule has 2 heterocycles. The van der Waals surface area contributed by atoms with Gasteiger partial charge in [-0.3, -0.25) is 9.32 Å². The van der Waals surface area contributed by atoms with Crippen LogP contribution in [0.1, 0.15) is 28.4 Å². The van der Waals surface area contributed by atoms with E-state index in [1.165, 1.54) is 36.0 Å². The second-order valence-electron chi connectivity index (χ2n) is 6.67. The van der Waals surface area contributed by atoms with E-state index in [4.69, 9.17) is 15.4 Å². The van der Waals surface area contributed by atoms with Crippen LogP contribution in [0.3, 0.4) is 0 Å². The summed E-state index contributed by atoms with van der Waals surface area (Å²) in [5.74, 6) is -1.76. The van der Waals surface area contributed by atoms with E-state index in [1.54, 1.807) is 6.92 Å². The van der Waals surface area contributed by atoms with Crippen LogP contribution in [0.2, 0.25) is 0 Å². The summed E-state index contributed by atoms with van der Waals surface area (Å²) in [6.45, 7) is 1.56. The summed E-state index contributed by atoms with van der Waals surface area (Å²) < 4.78 is 5.93. The number of amides is 1. The summed E-state index contributed by atoms with van der Waals surface area (Å²) in [4.78, 5) is 39.9. The van der Waals surface area contributed by atoms with E-state index in [9.17, 15) is 24.9 Å². The van der Waals surface area contributed by atoms with Crippen molar-refractivity contribution in [2.75, 3.05) is 11.1 Å². The number of carboxylic acids is 1. The van der Waals surface area contributed by atoms with Crippen LogP contribution in [0.25, 0.3) is 11.3 Å². The van der Waals surface area contributed by atoms with Crippen molar-refractivity contribution >= 4 is 35.1 Å². The molecule has 0 aliphatic rings. The first-order chi connectivity index (χ1) is 15.7. The van der Waals surface area contributed by atoms with Crippen LogP contribution in [0, 0.1) is 22.7 Å². The normalized spacial score (nSPS) is 11.3. The molecule has 0 bridgehead atoms. The van der Waals surface area contributed by atoms with Gasteiger partial charge in [0, 0.05) is 5.69 Å². The Bertz CT molecular complexity index is 1400. The molecule has 0 aliphatic heterocycles. The molecule has 0 radical (unpaired) electrons. The Hall–Kier alpha value is -4.62. The summed E-state index contributed by atoms with van der Waals surface area (Å²) in [6, 6.07) is 9.37. The van der Waals surface area contributed by atoms with Gasteiger partial charge in [0.1, 0.15) is 34.1 Å². The van der Waals surface area contributed by atoms with Crippen molar-refractivity contribution in [3.8, 4) is 23.4 Å². The molecule has 3 aromatic rings. The SMILES string of the molecule is CC(Sc1nc(N)c(C#N)c(-c2c(=O)o[nH][n+]2C)c1C#N)C(=O)Nc1ccc(C(=O)O)cc1. The number of carboxylic acid groups (broad SMARTS) is 1. The highest BCUT2D eigenvalue weighted by molar-refractivity contribution is 8.00. The summed E-state index contributed by atoms with van der Waals surface area (Å²) in [5.41, 5.74) is 5.11. The third-order valence-electron chi connectivity index (χ3n) is 4.51. The van der Waals surface area contributed by atoms with E-state index in [2.05, 4.69) is 15.6 Å². The van der Waals surface area contributed by atoms with Gasteiger partial charge < -0.3 is 16.2 Å². The number of pyridine rings is 1. The van der Waals surface area contributed by atoms with E-state index in [1.807, 2.05) is 12.1 Å². The highest BCUT2D eigenvalue weighted by atomic mass is 32.2. The number of aromatic amines is 1. The average molecular weight is 466 g/mol. The average Bonchev–Trinajstić information content (AvgIpc) is 3.11. The molecule has 1 atom stereocenters. The van der Waals surface area contributed by atoms with Crippen LogP contribution in [-0.2, 0) is 11.8 Å². The zero-order chi connectivity index (χ0) is 24.3. The minimum absolute atomic E-state index is 0.0495. The Morgan fingerprint density at radius 1 is 1.27 bits per heavy atom. The van der Waals surface area contributed by atoms with Crippen molar-refractivity contribution in [3.05, 3.63) is 51.4 Å². The van der Waals surface area contributed by atoms with Crippen molar-refractivity contribution < 1.29 is 23.9 Å². The fraction of sp³-hybridized carbons (Fsp3) is 0.150. The van der Waals surface area contributed by atoms with E-state index in [0.29, 0.717) is 5.69 Å². The van der Waals surface area contributed by atoms with E-state index in [0.717, 1.165) is 11.8 Å². The number of hydrogen-bond donors (Lipinski definition) is 4. The Balaban J connectivity index is 1.96. The zero-order valence-electron chi connectivity index (χ0n) is 17.2. The predicted octanol–water partition coefficient (Wildman–Crippen LogP) is 0.997. The van der Waals surface area contributed by atoms with Crippen LogP contribution in [-0.4, -0.2) is 32.5 Å². The molecule has 0 aliphatic carbocycles. The van der Waals surface area contributed by atoms with Gasteiger partial charge in [-0.2, -0.15) is 10.5 Å². The summed E-state index contributed by atoms with van der Waals surface area (Å²) in [5, 5.41) is 32.5. The van der Waals surface area contributed by atoms with Crippen LogP contribution in [0.5, 0.6) is 0 Å². The van der Waals surface area contributed by atoms with Crippen molar-refractivity contribution in [3.63, 3.8) is 0 Å². The number of nitrogens with one attached hydrogen (secondary N) is 2. The largest absolute Gasteiger partial charge is 0.478 e. The van der Waals surface area contributed by atoms with Gasteiger partial charge in [0.25, 0.3) is 0 Å². The zero-order valence-corrected chi connectivity index (χ0v) is 18.1. The van der Waals surface area contributed by atoms with E-state index in [-0.39, 0.29) is 38.8 Å². The first-order valence-electron chi connectivity index (χ1n) is 9.20. The van der Waals surface area contributed by atoms with Crippen molar-refractivity contribution in [2.45, 2.75) is 17.2 Å². The molecule has 2 aromatic heterocycles. The number of nitriles is 2. The molecule has 166 valence electrons. The highest BCUT2D eigenvalue weighted by Gasteiger charge is 2.32. The standard InChI is InChI=1S/C20H15N7O5S/c1-9(17(28)24-11-5-3-10(4-6-11)19(29)30)33-18-13(8-22)14(12(7-21)16(23)25-18)15-20(31)32-26-27(15)2/h3-6,9H,1-2H3,(H4-,23,24,25,26,28,29,30,31)/p+1. The maximum Gasteiger partial charge on any atom is 0.435 e. The quantitative estimate of drug-likeness (QED) is 0.299. The topological polar surface area (TPSA) is 203 Å². The maximum absolute atomic E-state index is 12.6. The van der Waals surface area contributed by atoms with Gasteiger partial charge in [-0.1, -0.05) is 16.4 Å². The maximum atomic E-state index is 12.6. The number of nitrogens with two attached hydrogens (primary N) is 1. The number of aryl methyl sites for hydroxylation is 1. The molecule has 0 fully saturated rings. The van der Waals surface area contributed by atoms with Gasteiger partial charge in [-0.25, -0.2) is 14.6 Å². The number of aromatic nitrogens is 3. The Kier molecular flexibility index (Phi) is 6.46. The Morgan fingerprint density at radius 3 is 2.42 bits per heavy atom. The number of anilines is 2. The molecule has 0 saturated carbocycles. The second kappa shape index (κ2) is 9.25. The molecule has 33 heavy (non-hydrogen) atoms. The van der Waals surface area contributed by atoms with Crippen LogP contribution < -0.4 is 21.4 Å². The second-order valence-corrected chi connectivity index (χ2v) is 8.00. The number of aromatic carboxylic acids is 1. The number of H-pyrrole nitrogens is 1. The third kappa shape index (κ3) is 4.53. The van der Waals surface area contributed by atoms with Gasteiger partial charge in [0.15, 0.2) is 7.05 Å². The van der Waals surface area contributed by atoms with Gasteiger partial charge in [-0.15, -0.1) is 0 Å². The van der Waals surface area contributed by atoms with Gasteiger partial charge in [-0.05, 0) is 36.5 Å². The molecule has 0 saturated heterocycles. The molecule has 1 aromatic carbocycles. The minimum Gasteiger partial charge on any atom is -0.478 e. The smallest absolute Gasteiger partial charge is 0.435 e. The lowest BCUT2D eigenvalue weighted by molar-refractivity contribution is -0.730. The van der Waals surface area contributed by atoms with Crippen LogP contribution >= 0.6 is 11.8 Å². The Morgan fingerprint density at radius 2 is 1.91 bits per heavy atom. The molecule has 13 heteroatoms. The van der Waals surface area contributed by atoms with Crippen molar-refractivity contribution in [1.82, 2.24) is 10.3 Å². The molecule has 1 unspecified atom stereocenters. The fourth-order valence-electron chi connectivity index (χ4n) is 2.89. The van der Waals surface area contributed by atoms with E-state index >= 15 is 0 Å². The number of carbonyl (C=O) groups is 2. The van der Waals surface area contributed by atoms with Crippen molar-refractivity contribution in [2.24, 2.45) is 7.05 Å². The fourth-order valence-corrected chi connectivity index (χ4v) is 3.81. The third-order valence-corrected chi connectivity index (χ3v) is 5.60. The molecule has 0 spiro atoms. The van der Waals surface area contributed by atoms with E-state index < -0.39 is 22.8 Å². The van der Waals surface area contributed by atoms with Crippen LogP contribution in [0.4, 0.5) is 11.5 Å². The predicted molar refractivity (Wildman–Crippen MR) is 115 cm³/mol. The summed E-state index contributed by atoms with van der Waals surface area (Å²) >= 11 is 0.905. The lowest BCUT2D eigenvalue weighted by Crippen LogP contribution is -2.34. The molecule has 5 N–H and O–H groups in total. The highest BCUT2D eigenvalue weighted by Crippen LogP contribution is 2.35. The number of nitrogen functional groups attached to an aromatic ring is 1. The molecule has 12 nitrogen and oxygen atoms in total. The lowest BCUT2D eigenvalue weighted by atomic mass is 10.0. The first-order valence-corrected chi connectivity index (χ1v) is 10.1. The summed E-state index contributed by atoms with van der Waals surface area (Å²) in [6.07, 6.45) is 0. The molecular weight excluding hydrogens is 450 g/mol. The minimum atomic E-state index is -1.09.